The number of carbonyl (C=O) groups is 2. The van der Waals surface area contributed by atoms with Crippen molar-refractivity contribution in [2.45, 2.75) is 32.7 Å². The van der Waals surface area contributed by atoms with E-state index in [0.29, 0.717) is 24.5 Å². The van der Waals surface area contributed by atoms with Crippen molar-refractivity contribution in [1.29, 1.82) is 0 Å². The predicted octanol–water partition coefficient (Wildman–Crippen LogP) is 1.96. The molecule has 1 aliphatic rings. The number of fused-ring (bicyclic) bond motifs is 1. The van der Waals surface area contributed by atoms with Gasteiger partial charge in [0.15, 0.2) is 5.65 Å². The molecule has 1 N–H and O–H groups in total. The monoisotopic (exact) mass is 398 g/mol. The highest BCUT2D eigenvalue weighted by Gasteiger charge is 2.29. The lowest BCUT2D eigenvalue weighted by molar-refractivity contribution is -0.127. The topological polar surface area (TPSA) is 93.0 Å². The number of hydrogen-bond acceptors (Lipinski definition) is 6. The second-order valence-electron chi connectivity index (χ2n) is 6.96. The van der Waals surface area contributed by atoms with Crippen molar-refractivity contribution >= 4 is 34.2 Å². The van der Waals surface area contributed by atoms with Gasteiger partial charge in [-0.2, -0.15) is 5.10 Å². The maximum atomic E-state index is 12.3. The minimum absolute atomic E-state index is 0.102. The molecule has 4 rings (SSSR count). The predicted molar refractivity (Wildman–Crippen MR) is 106 cm³/mol. The fourth-order valence-electron chi connectivity index (χ4n) is 3.64. The summed E-state index contributed by atoms with van der Waals surface area (Å²) in [6.45, 7) is 5.87. The van der Waals surface area contributed by atoms with Crippen LogP contribution >= 0.6 is 11.3 Å². The average Bonchev–Trinajstić information content (AvgIpc) is 3.40. The number of aryl methyl sites for hydroxylation is 1. The molecule has 0 radical (unpaired) electrons. The fourth-order valence-corrected chi connectivity index (χ4v) is 4.35. The third-order valence-corrected chi connectivity index (χ3v) is 6.04. The Morgan fingerprint density at radius 3 is 2.93 bits per heavy atom. The van der Waals surface area contributed by atoms with Crippen LogP contribution in [0.4, 0.5) is 0 Å². The van der Waals surface area contributed by atoms with Gasteiger partial charge < -0.3 is 10.2 Å². The molecule has 146 valence electrons. The van der Waals surface area contributed by atoms with Gasteiger partial charge in [0.05, 0.1) is 23.4 Å². The first-order valence-corrected chi connectivity index (χ1v) is 10.2. The summed E-state index contributed by atoms with van der Waals surface area (Å²) in [5, 5.41) is 8.74. The Labute approximate surface area is 166 Å². The highest BCUT2D eigenvalue weighted by atomic mass is 32.1. The van der Waals surface area contributed by atoms with Crippen molar-refractivity contribution in [3.8, 4) is 0 Å². The minimum atomic E-state index is -0.113. The Hall–Kier alpha value is -2.81. The third-order valence-electron chi connectivity index (χ3n) is 5.12. The molecule has 1 aliphatic heterocycles. The molecule has 0 bridgehead atoms. The SMILES string of the molecule is CC(=O)N1CCC(c2nn(CCNC(=O)c3scnc3C)c3ncccc23)C1. The zero-order valence-corrected chi connectivity index (χ0v) is 16.7. The number of rotatable bonds is 5. The summed E-state index contributed by atoms with van der Waals surface area (Å²) in [7, 11) is 0. The maximum Gasteiger partial charge on any atom is 0.263 e. The number of pyridine rings is 1. The molecule has 0 spiro atoms. The minimum Gasteiger partial charge on any atom is -0.349 e. The normalized spacial score (nSPS) is 16.6. The highest BCUT2D eigenvalue weighted by Crippen LogP contribution is 2.31. The molecule has 1 unspecified atom stereocenters. The van der Waals surface area contributed by atoms with E-state index in [0.717, 1.165) is 35.4 Å². The molecular formula is C19H22N6O2S. The lowest BCUT2D eigenvalue weighted by Gasteiger charge is -2.12. The molecule has 0 aliphatic carbocycles. The van der Waals surface area contributed by atoms with Crippen molar-refractivity contribution in [2.24, 2.45) is 0 Å². The molecule has 3 aromatic heterocycles. The first-order valence-electron chi connectivity index (χ1n) is 9.30. The van der Waals surface area contributed by atoms with Crippen molar-refractivity contribution in [3.05, 3.63) is 40.1 Å². The van der Waals surface area contributed by atoms with Crippen LogP contribution in [0.3, 0.4) is 0 Å². The molecular weight excluding hydrogens is 376 g/mol. The van der Waals surface area contributed by atoms with Gasteiger partial charge in [-0.25, -0.2) is 14.6 Å². The van der Waals surface area contributed by atoms with Crippen LogP contribution in [0, 0.1) is 6.92 Å². The van der Waals surface area contributed by atoms with Gasteiger partial charge in [-0.05, 0) is 25.5 Å². The summed E-state index contributed by atoms with van der Waals surface area (Å²) >= 11 is 1.34. The summed E-state index contributed by atoms with van der Waals surface area (Å²) in [5.41, 5.74) is 4.21. The number of likely N-dealkylation sites (tertiary alicyclic amines) is 1. The van der Waals surface area contributed by atoms with Gasteiger partial charge in [0.1, 0.15) is 4.88 Å². The summed E-state index contributed by atoms with van der Waals surface area (Å²) in [6.07, 6.45) is 2.65. The van der Waals surface area contributed by atoms with Gasteiger partial charge in [0.2, 0.25) is 5.91 Å². The highest BCUT2D eigenvalue weighted by molar-refractivity contribution is 7.11. The summed E-state index contributed by atoms with van der Waals surface area (Å²) in [4.78, 5) is 35.0. The van der Waals surface area contributed by atoms with Crippen LogP contribution in [-0.2, 0) is 11.3 Å². The van der Waals surface area contributed by atoms with E-state index in [4.69, 9.17) is 5.10 Å². The van der Waals surface area contributed by atoms with Gasteiger partial charge in [0, 0.05) is 44.1 Å². The van der Waals surface area contributed by atoms with Gasteiger partial charge in [-0.1, -0.05) is 0 Å². The molecule has 2 amide bonds. The third kappa shape index (κ3) is 3.49. The number of thiazole rings is 1. The van der Waals surface area contributed by atoms with Gasteiger partial charge in [-0.3, -0.25) is 9.59 Å². The standard InChI is InChI=1S/C19H22N6O2S/c1-12-17(28-11-22-12)19(27)21-7-9-25-18-15(4-3-6-20-18)16(23-25)14-5-8-24(10-14)13(2)26/h3-4,6,11,14H,5,7-10H2,1-2H3,(H,21,27). The van der Waals surface area contributed by atoms with Crippen LogP contribution in [0.25, 0.3) is 11.0 Å². The Balaban J connectivity index is 1.50. The van der Waals surface area contributed by atoms with E-state index < -0.39 is 0 Å². The Kier molecular flexibility index (Phi) is 5.08. The fraction of sp³-hybridized carbons (Fsp3) is 0.421. The molecule has 0 saturated carbocycles. The zero-order chi connectivity index (χ0) is 19.7. The van der Waals surface area contributed by atoms with E-state index >= 15 is 0 Å². The number of aromatic nitrogens is 4. The van der Waals surface area contributed by atoms with E-state index in [1.54, 1.807) is 18.6 Å². The second kappa shape index (κ2) is 7.67. The first kappa shape index (κ1) is 18.5. The molecule has 1 fully saturated rings. The Morgan fingerprint density at radius 1 is 1.36 bits per heavy atom. The van der Waals surface area contributed by atoms with Crippen LogP contribution < -0.4 is 5.32 Å². The van der Waals surface area contributed by atoms with Crippen molar-refractivity contribution in [1.82, 2.24) is 30.0 Å². The molecule has 0 aromatic carbocycles. The zero-order valence-electron chi connectivity index (χ0n) is 15.9. The Bertz CT molecular complexity index is 1030. The van der Waals surface area contributed by atoms with Gasteiger partial charge >= 0.3 is 0 Å². The first-order chi connectivity index (χ1) is 13.5. The number of amides is 2. The number of carbonyl (C=O) groups excluding carboxylic acids is 2. The Morgan fingerprint density at radius 2 is 2.21 bits per heavy atom. The molecule has 1 saturated heterocycles. The van der Waals surface area contributed by atoms with Gasteiger partial charge in [-0.15, -0.1) is 11.3 Å². The van der Waals surface area contributed by atoms with Crippen molar-refractivity contribution in [2.75, 3.05) is 19.6 Å². The van der Waals surface area contributed by atoms with E-state index in [-0.39, 0.29) is 17.7 Å². The van der Waals surface area contributed by atoms with Crippen LogP contribution in [-0.4, -0.2) is 56.1 Å². The number of hydrogen-bond donors (Lipinski definition) is 1. The molecule has 28 heavy (non-hydrogen) atoms. The number of nitrogens with zero attached hydrogens (tertiary/aromatic N) is 5. The lowest BCUT2D eigenvalue weighted by atomic mass is 10.0. The summed E-state index contributed by atoms with van der Waals surface area (Å²) < 4.78 is 1.85. The van der Waals surface area contributed by atoms with Crippen molar-refractivity contribution < 1.29 is 9.59 Å². The van der Waals surface area contributed by atoms with Gasteiger partial charge in [0.25, 0.3) is 5.91 Å². The maximum absolute atomic E-state index is 12.3. The van der Waals surface area contributed by atoms with Crippen LogP contribution in [0.15, 0.2) is 23.8 Å². The smallest absolute Gasteiger partial charge is 0.263 e. The second-order valence-corrected chi connectivity index (χ2v) is 7.81. The van der Waals surface area contributed by atoms with Crippen LogP contribution in [0.1, 0.15) is 40.3 Å². The van der Waals surface area contributed by atoms with E-state index in [1.165, 1.54) is 11.3 Å². The van der Waals surface area contributed by atoms with Crippen molar-refractivity contribution in [3.63, 3.8) is 0 Å². The summed E-state index contributed by atoms with van der Waals surface area (Å²) in [5.74, 6) is 0.203. The molecule has 9 heteroatoms. The summed E-state index contributed by atoms with van der Waals surface area (Å²) in [6, 6.07) is 3.93. The molecule has 4 heterocycles. The average molecular weight is 398 g/mol. The van der Waals surface area contributed by atoms with Crippen LogP contribution in [0.2, 0.25) is 0 Å². The van der Waals surface area contributed by atoms with E-state index in [2.05, 4.69) is 15.3 Å². The largest absolute Gasteiger partial charge is 0.349 e. The molecule has 1 atom stereocenters. The van der Waals surface area contributed by atoms with E-state index in [1.807, 2.05) is 28.6 Å². The van der Waals surface area contributed by atoms with E-state index in [9.17, 15) is 9.59 Å². The number of nitrogens with one attached hydrogen (secondary N) is 1. The van der Waals surface area contributed by atoms with Crippen LogP contribution in [0.5, 0.6) is 0 Å². The lowest BCUT2D eigenvalue weighted by Crippen LogP contribution is -2.27. The molecule has 3 aromatic rings. The molecule has 8 nitrogen and oxygen atoms in total. The quantitative estimate of drug-likeness (QED) is 0.709.